The van der Waals surface area contributed by atoms with Crippen LogP contribution >= 0.6 is 11.6 Å². The Labute approximate surface area is 191 Å². The predicted octanol–water partition coefficient (Wildman–Crippen LogP) is 5.06. The third-order valence-electron chi connectivity index (χ3n) is 5.73. The number of rotatable bonds is 6. The van der Waals surface area contributed by atoms with Crippen LogP contribution in [-0.2, 0) is 16.6 Å². The number of benzene rings is 2. The van der Waals surface area contributed by atoms with Crippen LogP contribution in [-0.4, -0.2) is 39.4 Å². The van der Waals surface area contributed by atoms with Crippen LogP contribution in [0.5, 0.6) is 5.75 Å². The van der Waals surface area contributed by atoms with Crippen LogP contribution in [0.25, 0.3) is 16.7 Å². The Balaban J connectivity index is 1.97. The average Bonchev–Trinajstić information content (AvgIpc) is 3.24. The summed E-state index contributed by atoms with van der Waals surface area (Å²) in [6.45, 7) is 4.63. The molecule has 4 rings (SSSR count). The highest BCUT2D eigenvalue weighted by Crippen LogP contribution is 2.43. The number of Topliss-reactive ketones (excluding diaryl/α,β-unsaturated/α-hetero) is 1. The van der Waals surface area contributed by atoms with Gasteiger partial charge in [0.2, 0.25) is 0 Å². The molecule has 1 saturated heterocycles. The Hall–Kier alpha value is -3.25. The molecule has 1 aliphatic heterocycles. The van der Waals surface area contributed by atoms with Crippen molar-refractivity contribution in [1.82, 2.24) is 9.47 Å². The third kappa shape index (κ3) is 3.54. The van der Waals surface area contributed by atoms with Crippen LogP contribution in [0.15, 0.2) is 54.2 Å². The number of carbonyl (C=O) groups excluding carboxylic acids is 2. The lowest BCUT2D eigenvalue weighted by atomic mass is 9.95. The molecule has 166 valence electrons. The zero-order valence-corrected chi connectivity index (χ0v) is 19.0. The van der Waals surface area contributed by atoms with Crippen molar-refractivity contribution >= 4 is 40.0 Å². The lowest BCUT2D eigenvalue weighted by Crippen LogP contribution is -2.30. The molecule has 32 heavy (non-hydrogen) atoms. The molecule has 0 aliphatic carbocycles. The predicted molar refractivity (Wildman–Crippen MR) is 125 cm³/mol. The van der Waals surface area contributed by atoms with Gasteiger partial charge < -0.3 is 19.3 Å². The average molecular weight is 453 g/mol. The summed E-state index contributed by atoms with van der Waals surface area (Å²) in [4.78, 5) is 27.7. The van der Waals surface area contributed by atoms with Gasteiger partial charge in [-0.1, -0.05) is 36.7 Å². The third-order valence-corrected chi connectivity index (χ3v) is 6.06. The van der Waals surface area contributed by atoms with E-state index < -0.39 is 17.7 Å². The maximum atomic E-state index is 13.2. The van der Waals surface area contributed by atoms with Gasteiger partial charge in [-0.25, -0.2) is 0 Å². The minimum absolute atomic E-state index is 0.0374. The molecule has 0 radical (unpaired) electrons. The molecule has 1 fully saturated rings. The molecule has 7 heteroatoms. The highest BCUT2D eigenvalue weighted by molar-refractivity contribution is 6.47. The first-order chi connectivity index (χ1) is 15.4. The fraction of sp³-hybridized carbons (Fsp3) is 0.280. The lowest BCUT2D eigenvalue weighted by molar-refractivity contribution is -0.139. The Kier molecular flexibility index (Phi) is 5.98. The Morgan fingerprint density at radius 3 is 2.62 bits per heavy atom. The maximum absolute atomic E-state index is 13.2. The number of para-hydroxylation sites is 1. The van der Waals surface area contributed by atoms with Gasteiger partial charge in [0.15, 0.2) is 0 Å². The summed E-state index contributed by atoms with van der Waals surface area (Å²) in [6, 6.07) is 12.0. The summed E-state index contributed by atoms with van der Waals surface area (Å²) in [5, 5.41) is 12.5. The number of aliphatic hydroxyl groups is 1. The number of amides is 1. The van der Waals surface area contributed by atoms with Gasteiger partial charge in [-0.05, 0) is 37.6 Å². The number of nitrogens with zero attached hydrogens (tertiary/aromatic N) is 2. The first kappa shape index (κ1) is 22.0. The number of carbonyl (C=O) groups is 2. The van der Waals surface area contributed by atoms with E-state index in [1.165, 1.54) is 4.90 Å². The van der Waals surface area contributed by atoms with E-state index in [1.54, 1.807) is 18.2 Å². The number of aromatic nitrogens is 1. The second-order valence-electron chi connectivity index (χ2n) is 7.78. The number of ether oxygens (including phenoxy) is 1. The van der Waals surface area contributed by atoms with Gasteiger partial charge in [0.1, 0.15) is 11.5 Å². The van der Waals surface area contributed by atoms with Crippen molar-refractivity contribution in [3.05, 3.63) is 70.4 Å². The molecule has 1 amide bonds. The summed E-state index contributed by atoms with van der Waals surface area (Å²) in [5.41, 5.74) is 2.06. The van der Waals surface area contributed by atoms with E-state index in [4.69, 9.17) is 16.3 Å². The van der Waals surface area contributed by atoms with E-state index in [0.717, 1.165) is 16.5 Å². The molecule has 1 N–H and O–H groups in total. The molecular weight excluding hydrogens is 428 g/mol. The van der Waals surface area contributed by atoms with Crippen molar-refractivity contribution in [3.8, 4) is 5.75 Å². The number of ketones is 1. The monoisotopic (exact) mass is 452 g/mol. The summed E-state index contributed by atoms with van der Waals surface area (Å²) in [7, 11) is 1.92. The Bertz CT molecular complexity index is 1240. The molecule has 1 aromatic heterocycles. The zero-order chi connectivity index (χ0) is 23.0. The first-order valence-electron chi connectivity index (χ1n) is 10.6. The lowest BCUT2D eigenvalue weighted by Gasteiger charge is -2.24. The van der Waals surface area contributed by atoms with E-state index >= 15 is 0 Å². The van der Waals surface area contributed by atoms with Crippen molar-refractivity contribution in [2.24, 2.45) is 7.05 Å². The maximum Gasteiger partial charge on any atom is 0.295 e. The number of aryl methyl sites for hydroxylation is 1. The van der Waals surface area contributed by atoms with Crippen molar-refractivity contribution in [2.45, 2.75) is 26.3 Å². The molecule has 0 saturated carbocycles. The van der Waals surface area contributed by atoms with Crippen LogP contribution in [0.4, 0.5) is 0 Å². The topological polar surface area (TPSA) is 71.8 Å². The molecule has 2 heterocycles. The highest BCUT2D eigenvalue weighted by atomic mass is 35.5. The largest absolute Gasteiger partial charge is 0.507 e. The number of fused-ring (bicyclic) bond motifs is 1. The number of halogens is 1. The smallest absolute Gasteiger partial charge is 0.295 e. The number of hydrogen-bond acceptors (Lipinski definition) is 4. The SMILES string of the molecule is CCCN1C(=O)C(=O)/C(=C(/O)c2cc(OCC)ccc2Cl)C1c1cn(C)c2ccccc12. The van der Waals surface area contributed by atoms with Crippen LogP contribution < -0.4 is 4.74 Å². The molecular formula is C25H25ClN2O4. The van der Waals surface area contributed by atoms with Gasteiger partial charge in [0.05, 0.1) is 23.2 Å². The molecule has 1 atom stereocenters. The van der Waals surface area contributed by atoms with E-state index in [0.29, 0.717) is 25.3 Å². The second-order valence-corrected chi connectivity index (χ2v) is 8.19. The minimum Gasteiger partial charge on any atom is -0.507 e. The van der Waals surface area contributed by atoms with Gasteiger partial charge in [0.25, 0.3) is 11.7 Å². The Morgan fingerprint density at radius 1 is 1.16 bits per heavy atom. The second kappa shape index (κ2) is 8.71. The van der Waals surface area contributed by atoms with Crippen molar-refractivity contribution in [1.29, 1.82) is 0 Å². The van der Waals surface area contributed by atoms with E-state index in [1.807, 2.05) is 55.9 Å². The molecule has 1 aliphatic rings. The quantitative estimate of drug-likeness (QED) is 0.322. The summed E-state index contributed by atoms with van der Waals surface area (Å²) in [5.74, 6) is -1.12. The van der Waals surface area contributed by atoms with Crippen LogP contribution in [0, 0.1) is 0 Å². The zero-order valence-electron chi connectivity index (χ0n) is 18.3. The summed E-state index contributed by atoms with van der Waals surface area (Å²) >= 11 is 6.38. The number of aliphatic hydroxyl groups excluding tert-OH is 1. The van der Waals surface area contributed by atoms with E-state index in [-0.39, 0.29) is 21.9 Å². The van der Waals surface area contributed by atoms with Gasteiger partial charge in [-0.3, -0.25) is 9.59 Å². The first-order valence-corrected chi connectivity index (χ1v) is 11.0. The summed E-state index contributed by atoms with van der Waals surface area (Å²) in [6.07, 6.45) is 2.59. The van der Waals surface area contributed by atoms with Gasteiger partial charge in [-0.2, -0.15) is 0 Å². The van der Waals surface area contributed by atoms with Crippen LogP contribution in [0.1, 0.15) is 37.4 Å². The summed E-state index contributed by atoms with van der Waals surface area (Å²) < 4.78 is 7.49. The van der Waals surface area contributed by atoms with Gasteiger partial charge >= 0.3 is 0 Å². The van der Waals surface area contributed by atoms with Crippen molar-refractivity contribution in [2.75, 3.05) is 13.2 Å². The van der Waals surface area contributed by atoms with Gasteiger partial charge in [0, 0.05) is 41.8 Å². The standard InChI is InChI=1S/C25H25ClN2O4/c1-4-12-28-22(18-14-27(3)20-9-7-6-8-16(18)20)21(24(30)25(28)31)23(29)17-13-15(32-5-2)10-11-19(17)26/h6-11,13-14,22,29H,4-5,12H2,1-3H3/b23-21+. The van der Waals surface area contributed by atoms with Crippen LogP contribution in [0.2, 0.25) is 5.02 Å². The van der Waals surface area contributed by atoms with Crippen molar-refractivity contribution < 1.29 is 19.4 Å². The van der Waals surface area contributed by atoms with Gasteiger partial charge in [-0.15, -0.1) is 0 Å². The highest BCUT2D eigenvalue weighted by Gasteiger charge is 2.46. The molecule has 2 aromatic carbocycles. The normalized spacial score (nSPS) is 18.0. The molecule has 6 nitrogen and oxygen atoms in total. The number of likely N-dealkylation sites (tertiary alicyclic amines) is 1. The number of hydrogen-bond donors (Lipinski definition) is 1. The Morgan fingerprint density at radius 2 is 1.91 bits per heavy atom. The van der Waals surface area contributed by atoms with Crippen LogP contribution in [0.3, 0.4) is 0 Å². The van der Waals surface area contributed by atoms with Crippen molar-refractivity contribution in [3.63, 3.8) is 0 Å². The molecule has 0 spiro atoms. The minimum atomic E-state index is -0.716. The van der Waals surface area contributed by atoms with E-state index in [2.05, 4.69) is 0 Å². The fourth-order valence-electron chi connectivity index (χ4n) is 4.35. The van der Waals surface area contributed by atoms with E-state index in [9.17, 15) is 14.7 Å². The molecule has 3 aromatic rings. The fourth-order valence-corrected chi connectivity index (χ4v) is 4.56. The molecule has 0 bridgehead atoms. The molecule has 1 unspecified atom stereocenters.